The van der Waals surface area contributed by atoms with Gasteiger partial charge in [0, 0.05) is 23.3 Å². The van der Waals surface area contributed by atoms with Crippen molar-refractivity contribution in [3.05, 3.63) is 17.7 Å². The quantitative estimate of drug-likeness (QED) is 0.891. The van der Waals surface area contributed by atoms with Gasteiger partial charge in [-0.2, -0.15) is 0 Å². The van der Waals surface area contributed by atoms with Gasteiger partial charge in [0.05, 0.1) is 14.2 Å². The number of methoxy groups -OCH3 is 2. The van der Waals surface area contributed by atoms with Gasteiger partial charge in [0.25, 0.3) is 0 Å². The van der Waals surface area contributed by atoms with Crippen molar-refractivity contribution in [3.8, 4) is 11.5 Å². The highest BCUT2D eigenvalue weighted by Gasteiger charge is 2.52. The molecule has 6 heteroatoms. The Morgan fingerprint density at radius 2 is 1.70 bits per heavy atom. The fourth-order valence-electron chi connectivity index (χ4n) is 2.78. The van der Waals surface area contributed by atoms with Crippen LogP contribution in [-0.2, 0) is 15.3 Å². The van der Waals surface area contributed by atoms with E-state index in [0.717, 1.165) is 12.8 Å². The molecule has 20 heavy (non-hydrogen) atoms. The first kappa shape index (κ1) is 15.1. The normalized spacial score (nSPS) is 18.4. The Labute approximate surface area is 120 Å². The molecular weight excluding hydrogens is 278 g/mol. The minimum Gasteiger partial charge on any atom is -0.496 e. The third-order valence-corrected chi connectivity index (χ3v) is 5.20. The van der Waals surface area contributed by atoms with E-state index in [1.807, 2.05) is 6.92 Å². The zero-order valence-electron chi connectivity index (χ0n) is 12.3. The van der Waals surface area contributed by atoms with E-state index in [1.54, 1.807) is 12.1 Å². The summed E-state index contributed by atoms with van der Waals surface area (Å²) in [5.74, 6) is 0.899. The number of hydrogen-bond donors (Lipinski definition) is 1. The molecule has 1 unspecified atom stereocenters. The summed E-state index contributed by atoms with van der Waals surface area (Å²) < 4.78 is 35.1. The van der Waals surface area contributed by atoms with Crippen LogP contribution in [0.2, 0.25) is 0 Å². The second-order valence-electron chi connectivity index (χ2n) is 5.39. The average Bonchev–Trinajstić information content (AvgIpc) is 3.17. The lowest BCUT2D eigenvalue weighted by Gasteiger charge is -2.26. The standard InChI is InChI=1S/C14H21NO4S/c1-9(15)14(7-8-14)12-10(18-2)5-6-11(19-3)13(12)20(4,16)17/h5-6,9H,7-8,15H2,1-4H3. The molecule has 0 amide bonds. The third kappa shape index (κ3) is 2.27. The first-order valence-corrected chi connectivity index (χ1v) is 8.38. The molecule has 0 heterocycles. The summed E-state index contributed by atoms with van der Waals surface area (Å²) in [5, 5.41) is 0. The van der Waals surface area contributed by atoms with E-state index in [1.165, 1.54) is 20.5 Å². The van der Waals surface area contributed by atoms with Crippen molar-refractivity contribution in [2.45, 2.75) is 36.1 Å². The number of hydrogen-bond acceptors (Lipinski definition) is 5. The summed E-state index contributed by atoms with van der Waals surface area (Å²) in [6, 6.07) is 3.21. The maximum atomic E-state index is 12.2. The van der Waals surface area contributed by atoms with Crippen LogP contribution in [0.5, 0.6) is 11.5 Å². The highest BCUT2D eigenvalue weighted by Crippen LogP contribution is 2.56. The molecule has 1 saturated carbocycles. The van der Waals surface area contributed by atoms with E-state index in [2.05, 4.69) is 0 Å². The number of benzene rings is 1. The molecule has 0 aromatic heterocycles. The van der Waals surface area contributed by atoms with Crippen LogP contribution in [0.25, 0.3) is 0 Å². The molecular formula is C14H21NO4S. The van der Waals surface area contributed by atoms with E-state index in [4.69, 9.17) is 15.2 Å². The van der Waals surface area contributed by atoms with Crippen LogP contribution in [0.15, 0.2) is 17.0 Å². The summed E-state index contributed by atoms with van der Waals surface area (Å²) in [4.78, 5) is 0.203. The SMILES string of the molecule is COc1ccc(OC)c(S(C)(=O)=O)c1C1(C(C)N)CC1. The van der Waals surface area contributed by atoms with Gasteiger partial charge in [-0.15, -0.1) is 0 Å². The fraction of sp³-hybridized carbons (Fsp3) is 0.571. The zero-order valence-corrected chi connectivity index (χ0v) is 13.1. The molecule has 112 valence electrons. The predicted molar refractivity (Wildman–Crippen MR) is 77.2 cm³/mol. The molecule has 2 rings (SSSR count). The van der Waals surface area contributed by atoms with Gasteiger partial charge in [0.1, 0.15) is 16.4 Å². The van der Waals surface area contributed by atoms with Crippen LogP contribution in [-0.4, -0.2) is 34.9 Å². The van der Waals surface area contributed by atoms with E-state index >= 15 is 0 Å². The number of nitrogens with two attached hydrogens (primary N) is 1. The van der Waals surface area contributed by atoms with Gasteiger partial charge in [0.15, 0.2) is 9.84 Å². The van der Waals surface area contributed by atoms with Crippen molar-refractivity contribution < 1.29 is 17.9 Å². The Kier molecular flexibility index (Phi) is 3.73. The summed E-state index contributed by atoms with van der Waals surface area (Å²) in [5.41, 5.74) is 6.43. The lowest BCUT2D eigenvalue weighted by molar-refractivity contribution is 0.377. The number of ether oxygens (including phenoxy) is 2. The van der Waals surface area contributed by atoms with E-state index < -0.39 is 9.84 Å². The Morgan fingerprint density at radius 1 is 1.20 bits per heavy atom. The second-order valence-corrected chi connectivity index (χ2v) is 7.34. The third-order valence-electron chi connectivity index (χ3n) is 4.05. The molecule has 0 saturated heterocycles. The maximum Gasteiger partial charge on any atom is 0.179 e. The summed E-state index contributed by atoms with van der Waals surface area (Å²) in [6.07, 6.45) is 2.90. The maximum absolute atomic E-state index is 12.2. The summed E-state index contributed by atoms with van der Waals surface area (Å²) in [6.45, 7) is 1.90. The summed E-state index contributed by atoms with van der Waals surface area (Å²) in [7, 11) is -0.446. The Hall–Kier alpha value is -1.27. The molecule has 5 nitrogen and oxygen atoms in total. The molecule has 0 aliphatic heterocycles. The Bertz CT molecular complexity index is 618. The van der Waals surface area contributed by atoms with Crippen LogP contribution in [0.4, 0.5) is 0 Å². The minimum atomic E-state index is -3.45. The van der Waals surface area contributed by atoms with Crippen LogP contribution in [0, 0.1) is 0 Å². The summed E-state index contributed by atoms with van der Waals surface area (Å²) >= 11 is 0. The van der Waals surface area contributed by atoms with Crippen LogP contribution < -0.4 is 15.2 Å². The Morgan fingerprint density at radius 3 is 2.05 bits per heavy atom. The molecule has 1 fully saturated rings. The smallest absolute Gasteiger partial charge is 0.179 e. The topological polar surface area (TPSA) is 78.6 Å². The van der Waals surface area contributed by atoms with Gasteiger partial charge in [-0.3, -0.25) is 0 Å². The first-order valence-electron chi connectivity index (χ1n) is 6.49. The number of rotatable bonds is 5. The van der Waals surface area contributed by atoms with E-state index in [0.29, 0.717) is 17.1 Å². The van der Waals surface area contributed by atoms with Crippen molar-refractivity contribution in [2.75, 3.05) is 20.5 Å². The monoisotopic (exact) mass is 299 g/mol. The van der Waals surface area contributed by atoms with Crippen molar-refractivity contribution in [2.24, 2.45) is 5.73 Å². The van der Waals surface area contributed by atoms with Gasteiger partial charge < -0.3 is 15.2 Å². The van der Waals surface area contributed by atoms with Crippen molar-refractivity contribution in [3.63, 3.8) is 0 Å². The zero-order chi connectivity index (χ0) is 15.1. The largest absolute Gasteiger partial charge is 0.496 e. The molecule has 2 N–H and O–H groups in total. The van der Waals surface area contributed by atoms with E-state index in [-0.39, 0.29) is 16.4 Å². The Balaban J connectivity index is 2.82. The first-order chi connectivity index (χ1) is 9.28. The molecule has 0 spiro atoms. The minimum absolute atomic E-state index is 0.149. The molecule has 0 bridgehead atoms. The molecule has 1 aliphatic carbocycles. The highest BCUT2D eigenvalue weighted by molar-refractivity contribution is 7.90. The molecule has 0 radical (unpaired) electrons. The molecule has 1 aromatic carbocycles. The highest BCUT2D eigenvalue weighted by atomic mass is 32.2. The van der Waals surface area contributed by atoms with Gasteiger partial charge in [-0.1, -0.05) is 0 Å². The average molecular weight is 299 g/mol. The molecule has 1 aromatic rings. The van der Waals surface area contributed by atoms with Crippen LogP contribution >= 0.6 is 0 Å². The van der Waals surface area contributed by atoms with Gasteiger partial charge >= 0.3 is 0 Å². The predicted octanol–water partition coefficient (Wildman–Crippen LogP) is 1.49. The van der Waals surface area contributed by atoms with Crippen molar-refractivity contribution in [1.82, 2.24) is 0 Å². The van der Waals surface area contributed by atoms with Gasteiger partial charge in [-0.05, 0) is 31.9 Å². The number of sulfone groups is 1. The molecule has 1 aliphatic rings. The van der Waals surface area contributed by atoms with E-state index in [9.17, 15) is 8.42 Å². The van der Waals surface area contributed by atoms with Crippen molar-refractivity contribution in [1.29, 1.82) is 0 Å². The van der Waals surface area contributed by atoms with Gasteiger partial charge in [0.2, 0.25) is 0 Å². The molecule has 1 atom stereocenters. The lowest BCUT2D eigenvalue weighted by Crippen LogP contribution is -2.33. The fourth-order valence-corrected chi connectivity index (χ4v) is 3.98. The van der Waals surface area contributed by atoms with Gasteiger partial charge in [-0.25, -0.2) is 8.42 Å². The van der Waals surface area contributed by atoms with Crippen LogP contribution in [0.3, 0.4) is 0 Å². The van der Waals surface area contributed by atoms with Crippen LogP contribution in [0.1, 0.15) is 25.3 Å². The second kappa shape index (κ2) is 4.93. The lowest BCUT2D eigenvalue weighted by atomic mass is 9.88. The van der Waals surface area contributed by atoms with Crippen molar-refractivity contribution >= 4 is 9.84 Å².